The number of hydrogen-bond donors (Lipinski definition) is 3. The molecule has 7 nitrogen and oxygen atoms in total. The molecule has 28 heavy (non-hydrogen) atoms. The predicted octanol–water partition coefficient (Wildman–Crippen LogP) is 2.04. The minimum Gasteiger partial charge on any atom is -0.508 e. The van der Waals surface area contributed by atoms with Crippen molar-refractivity contribution in [3.05, 3.63) is 58.1 Å². The molecule has 0 saturated carbocycles. The van der Waals surface area contributed by atoms with Crippen molar-refractivity contribution in [3.8, 4) is 5.75 Å². The molecular weight excluding hydrogens is 426 g/mol. The highest BCUT2D eigenvalue weighted by Crippen LogP contribution is 2.37. The molecule has 2 aromatic rings. The van der Waals surface area contributed by atoms with Crippen molar-refractivity contribution in [3.63, 3.8) is 0 Å². The summed E-state index contributed by atoms with van der Waals surface area (Å²) in [5.74, 6) is -1.74. The van der Waals surface area contributed by atoms with Gasteiger partial charge in [-0.15, -0.1) is 0 Å². The standard InChI is InChI=1S/C20H20BrN3O4/c1-2-24-16-8-5-13(21)11-15(16)17(20(24)28)23-19(27)18(26)22-10-9-12-3-6-14(25)7-4-12/h3-8,11,17,25H,2,9-10H2,1H3,(H,22,26)(H,23,27). The Kier molecular flexibility index (Phi) is 5.99. The van der Waals surface area contributed by atoms with Gasteiger partial charge in [-0.25, -0.2) is 0 Å². The summed E-state index contributed by atoms with van der Waals surface area (Å²) < 4.78 is 0.787. The maximum absolute atomic E-state index is 12.6. The summed E-state index contributed by atoms with van der Waals surface area (Å²) in [6.07, 6.45) is 0.515. The van der Waals surface area contributed by atoms with Crippen LogP contribution in [0.25, 0.3) is 0 Å². The van der Waals surface area contributed by atoms with E-state index in [0.717, 1.165) is 15.7 Å². The summed E-state index contributed by atoms with van der Waals surface area (Å²) in [6.45, 7) is 2.58. The quantitative estimate of drug-likeness (QED) is 0.613. The second-order valence-corrected chi connectivity index (χ2v) is 7.28. The van der Waals surface area contributed by atoms with Crippen LogP contribution in [0.5, 0.6) is 5.75 Å². The summed E-state index contributed by atoms with van der Waals surface area (Å²) in [5.41, 5.74) is 2.31. The monoisotopic (exact) mass is 445 g/mol. The number of aromatic hydroxyl groups is 1. The van der Waals surface area contributed by atoms with Crippen LogP contribution in [-0.4, -0.2) is 35.9 Å². The van der Waals surface area contributed by atoms with Gasteiger partial charge in [-0.05, 0) is 49.2 Å². The van der Waals surface area contributed by atoms with Gasteiger partial charge in [0.2, 0.25) is 0 Å². The molecule has 1 atom stereocenters. The highest BCUT2D eigenvalue weighted by atomic mass is 79.9. The summed E-state index contributed by atoms with van der Waals surface area (Å²) in [7, 11) is 0. The second kappa shape index (κ2) is 8.43. The lowest BCUT2D eigenvalue weighted by molar-refractivity contribution is -0.140. The van der Waals surface area contributed by atoms with Crippen molar-refractivity contribution in [2.45, 2.75) is 19.4 Å². The van der Waals surface area contributed by atoms with E-state index in [0.29, 0.717) is 18.5 Å². The molecule has 3 N–H and O–H groups in total. The number of anilines is 1. The molecule has 3 amide bonds. The van der Waals surface area contributed by atoms with Gasteiger partial charge in [-0.2, -0.15) is 0 Å². The average Bonchev–Trinajstić information content (AvgIpc) is 2.93. The third-order valence-corrected chi connectivity index (χ3v) is 5.03. The minimum atomic E-state index is -0.886. The third-order valence-electron chi connectivity index (χ3n) is 4.54. The number of fused-ring (bicyclic) bond motifs is 1. The molecule has 1 aliphatic rings. The van der Waals surface area contributed by atoms with E-state index in [-0.39, 0.29) is 18.2 Å². The fourth-order valence-electron chi connectivity index (χ4n) is 3.14. The lowest BCUT2D eigenvalue weighted by Gasteiger charge is -2.15. The number of carbonyl (C=O) groups excluding carboxylic acids is 3. The van der Waals surface area contributed by atoms with E-state index in [2.05, 4.69) is 26.6 Å². The zero-order valence-corrected chi connectivity index (χ0v) is 16.8. The number of benzene rings is 2. The molecule has 0 radical (unpaired) electrons. The number of hydrogen-bond acceptors (Lipinski definition) is 4. The number of likely N-dealkylation sites (N-methyl/N-ethyl adjacent to an activating group) is 1. The normalized spacial score (nSPS) is 15.3. The van der Waals surface area contributed by atoms with Crippen LogP contribution in [-0.2, 0) is 20.8 Å². The molecule has 0 spiro atoms. The molecule has 1 heterocycles. The summed E-state index contributed by atoms with van der Waals surface area (Å²) >= 11 is 3.37. The van der Waals surface area contributed by atoms with Gasteiger partial charge in [0.15, 0.2) is 0 Å². The molecule has 8 heteroatoms. The number of nitrogens with zero attached hydrogens (tertiary/aromatic N) is 1. The summed E-state index contributed by atoms with van der Waals surface area (Å²) in [5, 5.41) is 14.4. The zero-order chi connectivity index (χ0) is 20.3. The smallest absolute Gasteiger partial charge is 0.310 e. The largest absolute Gasteiger partial charge is 0.508 e. The fraction of sp³-hybridized carbons (Fsp3) is 0.250. The van der Waals surface area contributed by atoms with Crippen molar-refractivity contribution < 1.29 is 19.5 Å². The van der Waals surface area contributed by atoms with Crippen molar-refractivity contribution in [2.24, 2.45) is 0 Å². The molecule has 0 fully saturated rings. The topological polar surface area (TPSA) is 98.7 Å². The number of phenols is 1. The van der Waals surface area contributed by atoms with Crippen LogP contribution in [0.15, 0.2) is 46.9 Å². The zero-order valence-electron chi connectivity index (χ0n) is 15.2. The first-order chi connectivity index (χ1) is 13.4. The first-order valence-corrected chi connectivity index (χ1v) is 9.67. The number of amides is 3. The number of nitrogens with one attached hydrogen (secondary N) is 2. The van der Waals surface area contributed by atoms with E-state index in [9.17, 15) is 19.5 Å². The Morgan fingerprint density at radius 2 is 1.86 bits per heavy atom. The molecular formula is C20H20BrN3O4. The highest BCUT2D eigenvalue weighted by molar-refractivity contribution is 9.10. The number of halogens is 1. The van der Waals surface area contributed by atoms with Crippen LogP contribution in [0.4, 0.5) is 5.69 Å². The Hall–Kier alpha value is -2.87. The predicted molar refractivity (Wildman–Crippen MR) is 108 cm³/mol. The Morgan fingerprint density at radius 3 is 2.54 bits per heavy atom. The first kappa shape index (κ1) is 19.9. The van der Waals surface area contributed by atoms with Gasteiger partial charge >= 0.3 is 11.8 Å². The molecule has 1 aliphatic heterocycles. The van der Waals surface area contributed by atoms with Crippen LogP contribution in [0.2, 0.25) is 0 Å². The maximum Gasteiger partial charge on any atom is 0.310 e. The van der Waals surface area contributed by atoms with Crippen molar-refractivity contribution in [1.29, 1.82) is 0 Å². The number of rotatable bonds is 5. The Morgan fingerprint density at radius 1 is 1.14 bits per heavy atom. The van der Waals surface area contributed by atoms with Crippen LogP contribution in [0.3, 0.4) is 0 Å². The Bertz CT molecular complexity index is 914. The first-order valence-electron chi connectivity index (χ1n) is 8.88. The Balaban J connectivity index is 1.61. The van der Waals surface area contributed by atoms with Gasteiger partial charge < -0.3 is 20.6 Å². The number of phenolic OH excluding ortho intramolecular Hbond substituents is 1. The van der Waals surface area contributed by atoms with Gasteiger partial charge in [-0.1, -0.05) is 28.1 Å². The van der Waals surface area contributed by atoms with E-state index >= 15 is 0 Å². The van der Waals surface area contributed by atoms with Gasteiger partial charge in [0.25, 0.3) is 5.91 Å². The lowest BCUT2D eigenvalue weighted by atomic mass is 10.1. The second-order valence-electron chi connectivity index (χ2n) is 6.36. The van der Waals surface area contributed by atoms with Crippen LogP contribution < -0.4 is 15.5 Å². The van der Waals surface area contributed by atoms with Crippen molar-refractivity contribution in [1.82, 2.24) is 10.6 Å². The number of carbonyl (C=O) groups is 3. The van der Waals surface area contributed by atoms with Crippen molar-refractivity contribution in [2.75, 3.05) is 18.0 Å². The van der Waals surface area contributed by atoms with E-state index in [1.54, 1.807) is 35.2 Å². The average molecular weight is 446 g/mol. The van der Waals surface area contributed by atoms with Crippen molar-refractivity contribution >= 4 is 39.3 Å². The lowest BCUT2D eigenvalue weighted by Crippen LogP contribution is -2.44. The van der Waals surface area contributed by atoms with Gasteiger partial charge in [0.05, 0.1) is 0 Å². The van der Waals surface area contributed by atoms with E-state index in [1.165, 1.54) is 0 Å². The third kappa shape index (κ3) is 4.17. The van der Waals surface area contributed by atoms with E-state index in [1.807, 2.05) is 19.1 Å². The van der Waals surface area contributed by atoms with Crippen LogP contribution in [0, 0.1) is 0 Å². The molecule has 2 aromatic carbocycles. The molecule has 0 aromatic heterocycles. The van der Waals surface area contributed by atoms with Gasteiger partial charge in [0, 0.05) is 28.8 Å². The highest BCUT2D eigenvalue weighted by Gasteiger charge is 2.38. The minimum absolute atomic E-state index is 0.168. The van der Waals surface area contributed by atoms with Crippen LogP contribution in [0.1, 0.15) is 24.1 Å². The maximum atomic E-state index is 12.6. The summed E-state index contributed by atoms with van der Waals surface area (Å²) in [4.78, 5) is 38.6. The van der Waals surface area contributed by atoms with E-state index in [4.69, 9.17) is 0 Å². The summed E-state index contributed by atoms with van der Waals surface area (Å²) in [6, 6.07) is 11.1. The molecule has 0 aliphatic carbocycles. The SMILES string of the molecule is CCN1C(=O)C(NC(=O)C(=O)NCCc2ccc(O)cc2)c2cc(Br)ccc21. The Labute approximate surface area is 170 Å². The fourth-order valence-corrected chi connectivity index (χ4v) is 3.51. The van der Waals surface area contributed by atoms with Gasteiger partial charge in [-0.3, -0.25) is 14.4 Å². The van der Waals surface area contributed by atoms with Gasteiger partial charge in [0.1, 0.15) is 11.8 Å². The van der Waals surface area contributed by atoms with Crippen LogP contribution >= 0.6 is 15.9 Å². The molecule has 0 saturated heterocycles. The molecule has 3 rings (SSSR count). The molecule has 0 bridgehead atoms. The van der Waals surface area contributed by atoms with E-state index < -0.39 is 17.9 Å². The molecule has 1 unspecified atom stereocenters. The molecule has 146 valence electrons.